The van der Waals surface area contributed by atoms with Gasteiger partial charge in [-0.1, -0.05) is 39.0 Å². The summed E-state index contributed by atoms with van der Waals surface area (Å²) in [5, 5.41) is 5.74. The molecule has 0 radical (unpaired) electrons. The molecule has 1 fully saturated rings. The Morgan fingerprint density at radius 1 is 0.935 bits per heavy atom. The molecule has 2 N–H and O–H groups in total. The van der Waals surface area contributed by atoms with Crippen LogP contribution >= 0.6 is 0 Å². The second-order valence-electron chi connectivity index (χ2n) is 9.13. The van der Waals surface area contributed by atoms with E-state index >= 15 is 0 Å². The highest BCUT2D eigenvalue weighted by Crippen LogP contribution is 2.23. The molecular weight excluding hydrogens is 390 g/mol. The first-order chi connectivity index (χ1) is 14.6. The van der Waals surface area contributed by atoms with Crippen LogP contribution in [-0.2, 0) is 10.2 Å². The van der Waals surface area contributed by atoms with Gasteiger partial charge >= 0.3 is 0 Å². The van der Waals surface area contributed by atoms with Crippen LogP contribution in [0, 0.1) is 0 Å². The minimum atomic E-state index is -0.178. The largest absolute Gasteiger partial charge is 0.349 e. The summed E-state index contributed by atoms with van der Waals surface area (Å²) in [4.78, 5) is 38.5. The van der Waals surface area contributed by atoms with E-state index in [1.807, 2.05) is 29.2 Å². The quantitative estimate of drug-likeness (QED) is 0.784. The number of hydrogen-bond acceptors (Lipinski definition) is 3. The Kier molecular flexibility index (Phi) is 6.78. The maximum Gasteiger partial charge on any atom is 0.253 e. The van der Waals surface area contributed by atoms with E-state index in [2.05, 4.69) is 31.4 Å². The first kappa shape index (κ1) is 22.5. The van der Waals surface area contributed by atoms with Crippen molar-refractivity contribution in [1.82, 2.24) is 10.2 Å². The third-order valence-electron chi connectivity index (χ3n) is 5.56. The van der Waals surface area contributed by atoms with Gasteiger partial charge in [-0.05, 0) is 54.2 Å². The van der Waals surface area contributed by atoms with Crippen molar-refractivity contribution in [3.05, 3.63) is 65.2 Å². The number of nitrogens with one attached hydrogen (secondary N) is 2. The van der Waals surface area contributed by atoms with E-state index in [0.29, 0.717) is 42.7 Å². The van der Waals surface area contributed by atoms with Crippen LogP contribution < -0.4 is 10.6 Å². The fourth-order valence-corrected chi connectivity index (χ4v) is 3.73. The molecule has 0 bridgehead atoms. The van der Waals surface area contributed by atoms with Crippen molar-refractivity contribution in [3.63, 3.8) is 0 Å². The van der Waals surface area contributed by atoms with E-state index in [1.165, 1.54) is 12.5 Å². The molecule has 1 aliphatic heterocycles. The Labute approximate surface area is 184 Å². The van der Waals surface area contributed by atoms with Gasteiger partial charge in [0.05, 0.1) is 0 Å². The molecule has 31 heavy (non-hydrogen) atoms. The fraction of sp³-hybridized carbons (Fsp3) is 0.400. The van der Waals surface area contributed by atoms with Crippen molar-refractivity contribution in [2.24, 2.45) is 0 Å². The third-order valence-corrected chi connectivity index (χ3v) is 5.56. The number of piperidine rings is 1. The van der Waals surface area contributed by atoms with E-state index in [4.69, 9.17) is 0 Å². The number of carbonyl (C=O) groups is 3. The third kappa shape index (κ3) is 5.94. The number of nitrogens with zero attached hydrogens (tertiary/aromatic N) is 1. The number of carbonyl (C=O) groups excluding carboxylic acids is 3. The van der Waals surface area contributed by atoms with Crippen molar-refractivity contribution in [3.8, 4) is 0 Å². The molecule has 1 aliphatic rings. The molecule has 3 amide bonds. The van der Waals surface area contributed by atoms with Gasteiger partial charge in [0, 0.05) is 42.9 Å². The molecule has 2 aromatic rings. The van der Waals surface area contributed by atoms with E-state index < -0.39 is 0 Å². The van der Waals surface area contributed by atoms with E-state index in [0.717, 1.165) is 0 Å². The predicted octanol–water partition coefficient (Wildman–Crippen LogP) is 3.98. The van der Waals surface area contributed by atoms with Crippen LogP contribution in [0.3, 0.4) is 0 Å². The SMILES string of the molecule is CC(=O)Nc1cccc(C(=O)NC2CCN(C(=O)c3ccc(C(C)(C)C)cc3)CC2)c1. The Morgan fingerprint density at radius 2 is 1.58 bits per heavy atom. The monoisotopic (exact) mass is 421 g/mol. The van der Waals surface area contributed by atoms with Gasteiger partial charge in [0.15, 0.2) is 0 Å². The van der Waals surface area contributed by atoms with Gasteiger partial charge < -0.3 is 15.5 Å². The molecule has 2 aromatic carbocycles. The summed E-state index contributed by atoms with van der Waals surface area (Å²) in [5.41, 5.74) is 3.06. The minimum absolute atomic E-state index is 0.0178. The normalized spacial score (nSPS) is 14.8. The number of amides is 3. The first-order valence-corrected chi connectivity index (χ1v) is 10.7. The molecule has 0 unspecified atom stereocenters. The molecule has 0 atom stereocenters. The maximum absolute atomic E-state index is 12.8. The number of likely N-dealkylation sites (tertiary alicyclic amines) is 1. The average molecular weight is 422 g/mol. The summed E-state index contributed by atoms with van der Waals surface area (Å²) in [6.07, 6.45) is 1.42. The maximum atomic E-state index is 12.8. The van der Waals surface area contributed by atoms with Crippen molar-refractivity contribution >= 4 is 23.4 Å². The first-order valence-electron chi connectivity index (χ1n) is 10.7. The summed E-state index contributed by atoms with van der Waals surface area (Å²) in [7, 11) is 0. The second kappa shape index (κ2) is 9.33. The zero-order chi connectivity index (χ0) is 22.6. The lowest BCUT2D eigenvalue weighted by Crippen LogP contribution is -2.46. The molecule has 6 nitrogen and oxygen atoms in total. The molecular formula is C25H31N3O3. The summed E-state index contributed by atoms with van der Waals surface area (Å²) in [6.45, 7) is 9.10. The van der Waals surface area contributed by atoms with Crippen molar-refractivity contribution in [1.29, 1.82) is 0 Å². The number of benzene rings is 2. The Bertz CT molecular complexity index is 953. The zero-order valence-corrected chi connectivity index (χ0v) is 18.7. The number of anilines is 1. The molecule has 3 rings (SSSR count). The lowest BCUT2D eigenvalue weighted by molar-refractivity contribution is -0.114. The van der Waals surface area contributed by atoms with Crippen LogP contribution in [0.2, 0.25) is 0 Å². The highest BCUT2D eigenvalue weighted by molar-refractivity contribution is 5.97. The summed E-state index contributed by atoms with van der Waals surface area (Å²) < 4.78 is 0. The topological polar surface area (TPSA) is 78.5 Å². The van der Waals surface area contributed by atoms with Crippen molar-refractivity contribution in [2.75, 3.05) is 18.4 Å². The van der Waals surface area contributed by atoms with E-state index in [9.17, 15) is 14.4 Å². The van der Waals surface area contributed by atoms with Gasteiger partial charge in [0.25, 0.3) is 11.8 Å². The molecule has 1 heterocycles. The molecule has 6 heteroatoms. The van der Waals surface area contributed by atoms with Gasteiger partial charge in [0.2, 0.25) is 5.91 Å². The van der Waals surface area contributed by atoms with Crippen molar-refractivity contribution in [2.45, 2.75) is 52.0 Å². The smallest absolute Gasteiger partial charge is 0.253 e. The van der Waals surface area contributed by atoms with Gasteiger partial charge in [-0.25, -0.2) is 0 Å². The Balaban J connectivity index is 1.54. The van der Waals surface area contributed by atoms with Gasteiger partial charge in [-0.2, -0.15) is 0 Å². The molecule has 164 valence electrons. The predicted molar refractivity (Wildman–Crippen MR) is 122 cm³/mol. The molecule has 1 saturated heterocycles. The lowest BCUT2D eigenvalue weighted by atomic mass is 9.86. The fourth-order valence-electron chi connectivity index (χ4n) is 3.73. The average Bonchev–Trinajstić information content (AvgIpc) is 2.73. The molecule has 0 spiro atoms. The molecule has 0 saturated carbocycles. The number of hydrogen-bond donors (Lipinski definition) is 2. The van der Waals surface area contributed by atoms with Gasteiger partial charge in [0.1, 0.15) is 0 Å². The molecule has 0 aromatic heterocycles. The zero-order valence-electron chi connectivity index (χ0n) is 18.7. The minimum Gasteiger partial charge on any atom is -0.349 e. The Morgan fingerprint density at radius 3 is 2.16 bits per heavy atom. The summed E-state index contributed by atoms with van der Waals surface area (Å²) in [5.74, 6) is -0.314. The van der Waals surface area contributed by atoms with Crippen LogP contribution in [0.25, 0.3) is 0 Å². The molecule has 0 aliphatic carbocycles. The van der Waals surface area contributed by atoms with Crippen LogP contribution in [0.15, 0.2) is 48.5 Å². The highest BCUT2D eigenvalue weighted by Gasteiger charge is 2.25. The summed E-state index contributed by atoms with van der Waals surface area (Å²) >= 11 is 0. The second-order valence-corrected chi connectivity index (χ2v) is 9.13. The van der Waals surface area contributed by atoms with Crippen LogP contribution in [0.1, 0.15) is 66.8 Å². The van der Waals surface area contributed by atoms with E-state index in [1.54, 1.807) is 24.3 Å². The van der Waals surface area contributed by atoms with Crippen molar-refractivity contribution < 1.29 is 14.4 Å². The lowest BCUT2D eigenvalue weighted by Gasteiger charge is -2.32. The van der Waals surface area contributed by atoms with Gasteiger partial charge in [-0.3, -0.25) is 14.4 Å². The standard InChI is InChI=1S/C25H31N3O3/c1-17(29)26-22-7-5-6-19(16-22)23(30)27-21-12-14-28(15-13-21)24(31)18-8-10-20(11-9-18)25(2,3)4/h5-11,16,21H,12-15H2,1-4H3,(H,26,29)(H,27,30). The summed E-state index contributed by atoms with van der Waals surface area (Å²) in [6, 6.07) is 14.7. The van der Waals surface area contributed by atoms with Gasteiger partial charge in [-0.15, -0.1) is 0 Å². The highest BCUT2D eigenvalue weighted by atomic mass is 16.2. The van der Waals surface area contributed by atoms with Crippen LogP contribution in [0.4, 0.5) is 5.69 Å². The van der Waals surface area contributed by atoms with Crippen LogP contribution in [-0.4, -0.2) is 41.8 Å². The Hall–Kier alpha value is -3.15. The van der Waals surface area contributed by atoms with E-state index in [-0.39, 0.29) is 29.2 Å². The van der Waals surface area contributed by atoms with Crippen LogP contribution in [0.5, 0.6) is 0 Å². The number of rotatable bonds is 4.